The lowest BCUT2D eigenvalue weighted by Crippen LogP contribution is -1.74. The number of hydrogen-bond donors (Lipinski definition) is 0. The molecule has 0 unspecified atom stereocenters. The second kappa shape index (κ2) is 5.51. The average molecular weight is 224 g/mol. The number of allylic oxidation sites excluding steroid dienone is 3. The third-order valence-electron chi connectivity index (χ3n) is 1.51. The Labute approximate surface area is 92.0 Å². The van der Waals surface area contributed by atoms with Crippen molar-refractivity contribution in [1.82, 2.24) is 0 Å². The minimum atomic E-state index is -0.518. The van der Waals surface area contributed by atoms with Crippen molar-refractivity contribution in [2.45, 2.75) is 4.90 Å². The Morgan fingerprint density at radius 3 is 2.27 bits per heavy atom. The standard InChI is InChI=1S/C12H10F2S/c1-9(13)3-4-10(2)15-12-7-5-11(14)6-8-12/h3-8H,1-2H2/b4-3-. The van der Waals surface area contributed by atoms with Gasteiger partial charge >= 0.3 is 0 Å². The van der Waals surface area contributed by atoms with Crippen LogP contribution in [0.4, 0.5) is 8.78 Å². The Morgan fingerprint density at radius 2 is 1.73 bits per heavy atom. The van der Waals surface area contributed by atoms with Gasteiger partial charge in [-0.25, -0.2) is 8.78 Å². The minimum absolute atomic E-state index is 0.280. The highest BCUT2D eigenvalue weighted by atomic mass is 32.2. The quantitative estimate of drug-likeness (QED) is 0.537. The van der Waals surface area contributed by atoms with E-state index in [1.54, 1.807) is 12.1 Å². The van der Waals surface area contributed by atoms with Crippen LogP contribution in [0.5, 0.6) is 0 Å². The van der Waals surface area contributed by atoms with E-state index in [4.69, 9.17) is 0 Å². The van der Waals surface area contributed by atoms with Gasteiger partial charge in [0, 0.05) is 9.80 Å². The molecular formula is C12H10F2S. The zero-order valence-electron chi connectivity index (χ0n) is 8.04. The van der Waals surface area contributed by atoms with E-state index >= 15 is 0 Å². The zero-order valence-corrected chi connectivity index (χ0v) is 8.86. The number of halogens is 2. The smallest absolute Gasteiger partial charge is 0.123 e. The normalized spacial score (nSPS) is 10.5. The van der Waals surface area contributed by atoms with Crippen LogP contribution in [-0.4, -0.2) is 0 Å². The minimum Gasteiger partial charge on any atom is -0.208 e. The highest BCUT2D eigenvalue weighted by Gasteiger charge is 1.96. The van der Waals surface area contributed by atoms with Crippen LogP contribution < -0.4 is 0 Å². The van der Waals surface area contributed by atoms with Gasteiger partial charge in [-0.05, 0) is 36.4 Å². The van der Waals surface area contributed by atoms with E-state index in [-0.39, 0.29) is 5.82 Å². The number of hydrogen-bond acceptors (Lipinski definition) is 1. The van der Waals surface area contributed by atoms with Crippen molar-refractivity contribution in [3.63, 3.8) is 0 Å². The van der Waals surface area contributed by atoms with E-state index in [0.29, 0.717) is 4.91 Å². The molecule has 1 aromatic rings. The summed E-state index contributed by atoms with van der Waals surface area (Å²) in [7, 11) is 0. The number of rotatable bonds is 4. The monoisotopic (exact) mass is 224 g/mol. The molecule has 0 saturated carbocycles. The molecule has 78 valence electrons. The third-order valence-corrected chi connectivity index (χ3v) is 2.42. The van der Waals surface area contributed by atoms with Crippen LogP contribution in [0, 0.1) is 5.82 Å². The van der Waals surface area contributed by atoms with Crippen molar-refractivity contribution in [3.8, 4) is 0 Å². The summed E-state index contributed by atoms with van der Waals surface area (Å²) < 4.78 is 24.8. The van der Waals surface area contributed by atoms with Crippen molar-refractivity contribution < 1.29 is 8.78 Å². The molecule has 15 heavy (non-hydrogen) atoms. The molecule has 0 nitrogen and oxygen atoms in total. The molecule has 0 amide bonds. The summed E-state index contributed by atoms with van der Waals surface area (Å²) in [5, 5.41) is 0. The van der Waals surface area contributed by atoms with Crippen LogP contribution in [0.3, 0.4) is 0 Å². The molecule has 1 aromatic carbocycles. The van der Waals surface area contributed by atoms with Crippen LogP contribution in [0.2, 0.25) is 0 Å². The lowest BCUT2D eigenvalue weighted by molar-refractivity contribution is 0.626. The maximum atomic E-state index is 12.6. The molecule has 0 saturated heterocycles. The van der Waals surface area contributed by atoms with Crippen LogP contribution in [0.15, 0.2) is 65.2 Å². The predicted octanol–water partition coefficient (Wildman–Crippen LogP) is 4.47. The molecule has 1 rings (SSSR count). The Bertz CT molecular complexity index is 391. The van der Waals surface area contributed by atoms with Gasteiger partial charge in [0.05, 0.1) is 0 Å². The molecule has 0 aliphatic rings. The predicted molar refractivity (Wildman–Crippen MR) is 60.8 cm³/mol. The van der Waals surface area contributed by atoms with E-state index in [9.17, 15) is 8.78 Å². The van der Waals surface area contributed by atoms with Gasteiger partial charge in [0.25, 0.3) is 0 Å². The molecule has 0 heterocycles. The highest BCUT2D eigenvalue weighted by Crippen LogP contribution is 2.26. The lowest BCUT2D eigenvalue weighted by atomic mass is 10.4. The van der Waals surface area contributed by atoms with Crippen molar-refractivity contribution in [3.05, 3.63) is 66.1 Å². The third kappa shape index (κ3) is 4.61. The molecule has 0 radical (unpaired) electrons. The fourth-order valence-electron chi connectivity index (χ4n) is 0.871. The Balaban J connectivity index is 2.59. The van der Waals surface area contributed by atoms with Gasteiger partial charge in [-0.15, -0.1) is 0 Å². The van der Waals surface area contributed by atoms with E-state index in [1.807, 2.05) is 0 Å². The van der Waals surface area contributed by atoms with Gasteiger partial charge < -0.3 is 0 Å². The summed E-state index contributed by atoms with van der Waals surface area (Å²) in [5.41, 5.74) is 0. The maximum absolute atomic E-state index is 12.6. The highest BCUT2D eigenvalue weighted by molar-refractivity contribution is 8.03. The van der Waals surface area contributed by atoms with E-state index in [0.717, 1.165) is 4.90 Å². The second-order valence-electron chi connectivity index (χ2n) is 2.80. The van der Waals surface area contributed by atoms with Crippen molar-refractivity contribution in [2.24, 2.45) is 0 Å². The van der Waals surface area contributed by atoms with Gasteiger partial charge in [0.2, 0.25) is 0 Å². The summed E-state index contributed by atoms with van der Waals surface area (Å²) in [6.45, 7) is 6.81. The molecule has 0 atom stereocenters. The maximum Gasteiger partial charge on any atom is 0.123 e. The molecule has 0 aliphatic carbocycles. The lowest BCUT2D eigenvalue weighted by Gasteiger charge is -1.99. The van der Waals surface area contributed by atoms with Gasteiger partial charge in [0.1, 0.15) is 11.6 Å². The summed E-state index contributed by atoms with van der Waals surface area (Å²) in [6, 6.07) is 6.02. The Morgan fingerprint density at radius 1 is 1.13 bits per heavy atom. The van der Waals surface area contributed by atoms with Crippen LogP contribution in [0.1, 0.15) is 0 Å². The van der Waals surface area contributed by atoms with E-state index in [1.165, 1.54) is 36.0 Å². The van der Waals surface area contributed by atoms with Gasteiger partial charge in [-0.2, -0.15) is 0 Å². The Hall–Kier alpha value is -1.35. The van der Waals surface area contributed by atoms with Crippen molar-refractivity contribution >= 4 is 11.8 Å². The number of benzene rings is 1. The van der Waals surface area contributed by atoms with Gasteiger partial charge in [-0.3, -0.25) is 0 Å². The van der Waals surface area contributed by atoms with E-state index < -0.39 is 5.83 Å². The molecule has 0 N–H and O–H groups in total. The number of thioether (sulfide) groups is 1. The second-order valence-corrected chi connectivity index (χ2v) is 4.00. The Kier molecular flexibility index (Phi) is 4.31. The largest absolute Gasteiger partial charge is 0.208 e. The molecule has 0 bridgehead atoms. The molecule has 0 aromatic heterocycles. The molecule has 0 fully saturated rings. The van der Waals surface area contributed by atoms with Crippen LogP contribution in [-0.2, 0) is 0 Å². The summed E-state index contributed by atoms with van der Waals surface area (Å²) >= 11 is 1.34. The summed E-state index contributed by atoms with van der Waals surface area (Å²) in [5.74, 6) is -0.798. The summed E-state index contributed by atoms with van der Waals surface area (Å²) in [6.07, 6.45) is 2.76. The first-order valence-corrected chi connectivity index (χ1v) is 5.04. The molecule has 0 spiro atoms. The van der Waals surface area contributed by atoms with Crippen molar-refractivity contribution in [2.75, 3.05) is 0 Å². The first-order valence-electron chi connectivity index (χ1n) is 4.23. The van der Waals surface area contributed by atoms with Gasteiger partial charge in [0.15, 0.2) is 0 Å². The average Bonchev–Trinajstić information content (AvgIpc) is 2.19. The first-order chi connectivity index (χ1) is 7.08. The van der Waals surface area contributed by atoms with E-state index in [2.05, 4.69) is 13.2 Å². The van der Waals surface area contributed by atoms with Crippen LogP contribution >= 0.6 is 11.8 Å². The van der Waals surface area contributed by atoms with Gasteiger partial charge in [-0.1, -0.05) is 24.9 Å². The fourth-order valence-corrected chi connectivity index (χ4v) is 1.58. The molecule has 3 heteroatoms. The van der Waals surface area contributed by atoms with Crippen LogP contribution in [0.25, 0.3) is 0 Å². The summed E-state index contributed by atoms with van der Waals surface area (Å²) in [4.78, 5) is 1.52. The molecule has 0 aliphatic heterocycles. The SMILES string of the molecule is C=C(F)/C=C\C(=C)Sc1ccc(F)cc1. The topological polar surface area (TPSA) is 0 Å². The van der Waals surface area contributed by atoms with Crippen molar-refractivity contribution in [1.29, 1.82) is 0 Å². The zero-order chi connectivity index (χ0) is 11.3. The fraction of sp³-hybridized carbons (Fsp3) is 0. The first kappa shape index (κ1) is 11.7. The molecular weight excluding hydrogens is 214 g/mol.